The lowest BCUT2D eigenvalue weighted by Crippen LogP contribution is -2.29. The number of aryl methyl sites for hydroxylation is 1. The Hall–Kier alpha value is -2.25. The third-order valence-electron chi connectivity index (χ3n) is 5.31. The number of thiazole rings is 1. The van der Waals surface area contributed by atoms with Gasteiger partial charge in [0.25, 0.3) is 0 Å². The van der Waals surface area contributed by atoms with Crippen LogP contribution in [0.4, 0.5) is 5.69 Å². The van der Waals surface area contributed by atoms with Gasteiger partial charge in [-0.25, -0.2) is 9.78 Å². The summed E-state index contributed by atoms with van der Waals surface area (Å²) in [5.41, 5.74) is 1.74. The Balaban J connectivity index is 1.52. The van der Waals surface area contributed by atoms with Crippen molar-refractivity contribution in [1.29, 1.82) is 0 Å². The summed E-state index contributed by atoms with van der Waals surface area (Å²) >= 11 is 1.20. The van der Waals surface area contributed by atoms with Crippen molar-refractivity contribution in [3.63, 3.8) is 0 Å². The van der Waals surface area contributed by atoms with Gasteiger partial charge < -0.3 is 15.1 Å². The molecule has 1 aromatic carbocycles. The van der Waals surface area contributed by atoms with E-state index < -0.39 is 12.1 Å². The number of amides is 1. The maximum absolute atomic E-state index is 12.1. The SMILES string of the molecule is CC(=O)N(CCCCc1ncc(C(=O)O)s1)c1ccc(C(O)C2CCC2)cc1. The number of aliphatic hydroxyl groups is 1. The van der Waals surface area contributed by atoms with Gasteiger partial charge in [-0.1, -0.05) is 18.6 Å². The number of carbonyl (C=O) groups excluding carboxylic acids is 1. The van der Waals surface area contributed by atoms with Gasteiger partial charge in [0.1, 0.15) is 4.88 Å². The number of anilines is 1. The fourth-order valence-electron chi connectivity index (χ4n) is 3.42. The average molecular weight is 403 g/mol. The van der Waals surface area contributed by atoms with E-state index in [0.29, 0.717) is 18.9 Å². The van der Waals surface area contributed by atoms with E-state index >= 15 is 0 Å². The number of aromatic carboxylic acids is 1. The predicted molar refractivity (Wildman–Crippen MR) is 109 cm³/mol. The van der Waals surface area contributed by atoms with Crippen molar-refractivity contribution in [1.82, 2.24) is 4.98 Å². The highest BCUT2D eigenvalue weighted by atomic mass is 32.1. The van der Waals surface area contributed by atoms with Gasteiger partial charge in [-0.3, -0.25) is 4.79 Å². The summed E-state index contributed by atoms with van der Waals surface area (Å²) in [6, 6.07) is 7.63. The van der Waals surface area contributed by atoms with Crippen LogP contribution in [0.3, 0.4) is 0 Å². The molecule has 1 aliphatic carbocycles. The van der Waals surface area contributed by atoms with Gasteiger partial charge in [0.05, 0.1) is 17.3 Å². The van der Waals surface area contributed by atoms with Crippen molar-refractivity contribution >= 4 is 28.9 Å². The van der Waals surface area contributed by atoms with Crippen molar-refractivity contribution in [3.8, 4) is 0 Å². The lowest BCUT2D eigenvalue weighted by atomic mass is 9.79. The molecule has 1 unspecified atom stereocenters. The Bertz CT molecular complexity index is 814. The molecule has 2 N–H and O–H groups in total. The molecule has 0 spiro atoms. The van der Waals surface area contributed by atoms with Gasteiger partial charge in [-0.2, -0.15) is 0 Å². The summed E-state index contributed by atoms with van der Waals surface area (Å²) in [6.07, 6.45) is 6.66. The van der Waals surface area contributed by atoms with E-state index in [-0.39, 0.29) is 10.8 Å². The first-order valence-electron chi connectivity index (χ1n) is 9.70. The lowest BCUT2D eigenvalue weighted by molar-refractivity contribution is -0.116. The number of carboxylic acids is 1. The molecule has 150 valence electrons. The fourth-order valence-corrected chi connectivity index (χ4v) is 4.22. The Labute approximate surface area is 168 Å². The predicted octanol–water partition coefficient (Wildman–Crippen LogP) is 4.05. The zero-order chi connectivity index (χ0) is 20.1. The Kier molecular flexibility index (Phi) is 6.80. The van der Waals surface area contributed by atoms with Crippen LogP contribution in [0, 0.1) is 5.92 Å². The van der Waals surface area contributed by atoms with E-state index in [2.05, 4.69) is 4.98 Å². The van der Waals surface area contributed by atoms with Gasteiger partial charge in [-0.05, 0) is 55.7 Å². The number of rotatable bonds is 9. The standard InChI is InChI=1S/C21H26N2O4S/c1-14(24)23(12-3-2-7-19-22-13-18(28-19)21(26)27)17-10-8-16(9-11-17)20(25)15-5-4-6-15/h8-11,13,15,20,25H,2-7,12H2,1H3,(H,26,27). The third kappa shape index (κ3) is 4.97. The first-order chi connectivity index (χ1) is 13.5. The van der Waals surface area contributed by atoms with E-state index in [9.17, 15) is 14.7 Å². The molecule has 28 heavy (non-hydrogen) atoms. The zero-order valence-corrected chi connectivity index (χ0v) is 16.8. The fraction of sp³-hybridized carbons (Fsp3) is 0.476. The smallest absolute Gasteiger partial charge is 0.347 e. The molecule has 1 fully saturated rings. The van der Waals surface area contributed by atoms with Crippen LogP contribution in [0.15, 0.2) is 30.5 Å². The molecule has 1 aliphatic rings. The van der Waals surface area contributed by atoms with Crippen molar-refractivity contribution in [2.45, 2.75) is 51.6 Å². The Morgan fingerprint density at radius 2 is 1.96 bits per heavy atom. The van der Waals surface area contributed by atoms with Gasteiger partial charge in [0.15, 0.2) is 0 Å². The van der Waals surface area contributed by atoms with Gasteiger partial charge >= 0.3 is 5.97 Å². The van der Waals surface area contributed by atoms with Crippen LogP contribution >= 0.6 is 11.3 Å². The molecule has 0 saturated heterocycles. The maximum Gasteiger partial charge on any atom is 0.347 e. The minimum absolute atomic E-state index is 0.0188. The van der Waals surface area contributed by atoms with Crippen LogP contribution in [-0.2, 0) is 11.2 Å². The maximum atomic E-state index is 12.1. The van der Waals surface area contributed by atoms with Crippen molar-refractivity contribution < 1.29 is 19.8 Å². The molecule has 6 nitrogen and oxygen atoms in total. The second kappa shape index (κ2) is 9.30. The number of carbonyl (C=O) groups is 2. The molecular formula is C21H26N2O4S. The number of aliphatic hydroxyl groups excluding tert-OH is 1. The van der Waals surface area contributed by atoms with Gasteiger partial charge in [-0.15, -0.1) is 11.3 Å². The second-order valence-electron chi connectivity index (χ2n) is 7.28. The highest BCUT2D eigenvalue weighted by molar-refractivity contribution is 7.13. The van der Waals surface area contributed by atoms with E-state index in [4.69, 9.17) is 5.11 Å². The van der Waals surface area contributed by atoms with Crippen LogP contribution in [0.5, 0.6) is 0 Å². The highest BCUT2D eigenvalue weighted by Crippen LogP contribution is 2.37. The molecule has 0 bridgehead atoms. The highest BCUT2D eigenvalue weighted by Gasteiger charge is 2.26. The summed E-state index contributed by atoms with van der Waals surface area (Å²) in [4.78, 5) is 29.1. The van der Waals surface area contributed by atoms with E-state index in [1.54, 1.807) is 11.8 Å². The molecular weight excluding hydrogens is 376 g/mol. The van der Waals surface area contributed by atoms with Crippen molar-refractivity contribution in [2.24, 2.45) is 5.92 Å². The van der Waals surface area contributed by atoms with Crippen LogP contribution in [-0.4, -0.2) is 33.6 Å². The topological polar surface area (TPSA) is 90.7 Å². The normalized spacial score (nSPS) is 15.1. The average Bonchev–Trinajstić information content (AvgIpc) is 3.09. The van der Waals surface area contributed by atoms with Crippen LogP contribution in [0.2, 0.25) is 0 Å². The number of nitrogens with zero attached hydrogens (tertiary/aromatic N) is 2. The minimum atomic E-state index is -0.947. The van der Waals surface area contributed by atoms with Gasteiger partial charge in [0, 0.05) is 19.2 Å². The summed E-state index contributed by atoms with van der Waals surface area (Å²) < 4.78 is 0. The number of carboxylic acid groups (broad SMARTS) is 1. The molecule has 0 aliphatic heterocycles. The van der Waals surface area contributed by atoms with Crippen LogP contribution in [0.25, 0.3) is 0 Å². The van der Waals surface area contributed by atoms with Crippen molar-refractivity contribution in [2.75, 3.05) is 11.4 Å². The number of hydrogen-bond donors (Lipinski definition) is 2. The van der Waals surface area contributed by atoms with Crippen molar-refractivity contribution in [3.05, 3.63) is 45.9 Å². The van der Waals surface area contributed by atoms with Crippen LogP contribution < -0.4 is 4.90 Å². The first kappa shape index (κ1) is 20.5. The quantitative estimate of drug-likeness (QED) is 0.618. The largest absolute Gasteiger partial charge is 0.477 e. The molecule has 2 aromatic rings. The molecule has 1 atom stereocenters. The molecule has 1 aromatic heterocycles. The number of hydrogen-bond acceptors (Lipinski definition) is 5. The Morgan fingerprint density at radius 3 is 2.50 bits per heavy atom. The molecule has 1 saturated carbocycles. The van der Waals surface area contributed by atoms with Gasteiger partial charge in [0.2, 0.25) is 5.91 Å². The molecule has 1 heterocycles. The third-order valence-corrected chi connectivity index (χ3v) is 6.35. The summed E-state index contributed by atoms with van der Waals surface area (Å²) in [7, 11) is 0. The molecule has 0 radical (unpaired) electrons. The summed E-state index contributed by atoms with van der Waals surface area (Å²) in [5.74, 6) is -0.602. The van der Waals surface area contributed by atoms with E-state index in [1.807, 2.05) is 24.3 Å². The number of benzene rings is 1. The van der Waals surface area contributed by atoms with Crippen LogP contribution in [0.1, 0.15) is 65.4 Å². The molecule has 1 amide bonds. The summed E-state index contributed by atoms with van der Waals surface area (Å²) in [6.45, 7) is 2.15. The lowest BCUT2D eigenvalue weighted by Gasteiger charge is -2.30. The first-order valence-corrected chi connectivity index (χ1v) is 10.5. The van der Waals surface area contributed by atoms with E-state index in [1.165, 1.54) is 24.0 Å². The monoisotopic (exact) mass is 402 g/mol. The molecule has 7 heteroatoms. The summed E-state index contributed by atoms with van der Waals surface area (Å²) in [5, 5.41) is 20.1. The minimum Gasteiger partial charge on any atom is -0.477 e. The Morgan fingerprint density at radius 1 is 1.25 bits per heavy atom. The number of unbranched alkanes of at least 4 members (excludes halogenated alkanes) is 1. The zero-order valence-electron chi connectivity index (χ0n) is 16.0. The van der Waals surface area contributed by atoms with E-state index in [0.717, 1.165) is 41.9 Å². The molecule has 3 rings (SSSR count). The number of aromatic nitrogens is 1. The second-order valence-corrected chi connectivity index (χ2v) is 8.39.